The third-order valence-corrected chi connectivity index (χ3v) is 2.35. The first kappa shape index (κ1) is 7.25. The number of carbonyl (C=O) groups is 2. The van der Waals surface area contributed by atoms with Gasteiger partial charge in [-0.2, -0.15) is 0 Å². The number of carboxylic acid groups (broad SMARTS) is 1. The van der Waals surface area contributed by atoms with Crippen LogP contribution in [0.15, 0.2) is 0 Å². The first-order valence-corrected chi connectivity index (χ1v) is 3.36. The monoisotopic (exact) mass is 142 g/mol. The molecular weight excluding hydrogens is 132 g/mol. The summed E-state index contributed by atoms with van der Waals surface area (Å²) >= 11 is 0. The topological polar surface area (TPSA) is 54.4 Å². The molecule has 3 nitrogen and oxygen atoms in total. The molecular formula is C7H10O3. The minimum Gasteiger partial charge on any atom is -0.481 e. The molecule has 0 saturated heterocycles. The van der Waals surface area contributed by atoms with Crippen LogP contribution in [0, 0.1) is 11.3 Å². The molecule has 2 unspecified atom stereocenters. The van der Waals surface area contributed by atoms with Gasteiger partial charge in [0.1, 0.15) is 6.29 Å². The van der Waals surface area contributed by atoms with Crippen LogP contribution in [0.2, 0.25) is 0 Å². The summed E-state index contributed by atoms with van der Waals surface area (Å²) in [6.07, 6.45) is 1.84. The molecule has 0 radical (unpaired) electrons. The van der Waals surface area contributed by atoms with Crippen LogP contribution >= 0.6 is 0 Å². The Hall–Kier alpha value is -0.860. The molecule has 0 aliphatic heterocycles. The lowest BCUT2D eigenvalue weighted by Crippen LogP contribution is -2.16. The Morgan fingerprint density at radius 2 is 2.50 bits per heavy atom. The van der Waals surface area contributed by atoms with Gasteiger partial charge < -0.3 is 9.90 Å². The van der Waals surface area contributed by atoms with Crippen LogP contribution in [0.5, 0.6) is 0 Å². The van der Waals surface area contributed by atoms with Crippen molar-refractivity contribution in [3.8, 4) is 0 Å². The Balaban J connectivity index is 2.67. The molecule has 56 valence electrons. The minimum absolute atomic E-state index is 0.227. The molecule has 1 aliphatic rings. The third-order valence-electron chi connectivity index (χ3n) is 2.35. The molecule has 0 aromatic carbocycles. The lowest BCUT2D eigenvalue weighted by atomic mass is 10.0. The maximum atomic E-state index is 10.5. The number of aliphatic carboxylic acids is 1. The van der Waals surface area contributed by atoms with Crippen molar-refractivity contribution >= 4 is 12.3 Å². The van der Waals surface area contributed by atoms with E-state index in [1.54, 1.807) is 6.92 Å². The fraction of sp³-hybridized carbons (Fsp3) is 0.714. The van der Waals surface area contributed by atoms with Crippen molar-refractivity contribution in [2.24, 2.45) is 11.3 Å². The summed E-state index contributed by atoms with van der Waals surface area (Å²) in [6, 6.07) is 0. The van der Waals surface area contributed by atoms with Gasteiger partial charge in [0.25, 0.3) is 0 Å². The molecule has 0 aromatic heterocycles. The summed E-state index contributed by atoms with van der Waals surface area (Å²) in [7, 11) is 0. The first-order valence-electron chi connectivity index (χ1n) is 3.36. The van der Waals surface area contributed by atoms with Crippen LogP contribution in [0.25, 0.3) is 0 Å². The van der Waals surface area contributed by atoms with Gasteiger partial charge in [-0.05, 0) is 12.8 Å². The van der Waals surface area contributed by atoms with Crippen LogP contribution in [0.3, 0.4) is 0 Å². The van der Waals surface area contributed by atoms with E-state index >= 15 is 0 Å². The van der Waals surface area contributed by atoms with E-state index in [1.807, 2.05) is 0 Å². The van der Waals surface area contributed by atoms with Crippen molar-refractivity contribution in [3.05, 3.63) is 0 Å². The Morgan fingerprint density at radius 3 is 2.60 bits per heavy atom. The van der Waals surface area contributed by atoms with Crippen LogP contribution in [0.1, 0.15) is 19.8 Å². The molecule has 0 bridgehead atoms. The third kappa shape index (κ3) is 0.735. The zero-order valence-corrected chi connectivity index (χ0v) is 5.83. The van der Waals surface area contributed by atoms with Crippen molar-refractivity contribution in [1.82, 2.24) is 0 Å². The van der Waals surface area contributed by atoms with Gasteiger partial charge in [0, 0.05) is 5.92 Å². The van der Waals surface area contributed by atoms with E-state index in [-0.39, 0.29) is 5.92 Å². The molecule has 1 N–H and O–H groups in total. The van der Waals surface area contributed by atoms with Crippen molar-refractivity contribution in [3.63, 3.8) is 0 Å². The number of carbonyl (C=O) groups excluding carboxylic acids is 1. The highest BCUT2D eigenvalue weighted by molar-refractivity contribution is 5.84. The number of carboxylic acids is 1. The first-order chi connectivity index (χ1) is 4.67. The van der Waals surface area contributed by atoms with Crippen LogP contribution in [-0.2, 0) is 9.59 Å². The number of aldehydes is 1. The quantitative estimate of drug-likeness (QED) is 0.590. The molecule has 0 amide bonds. The molecule has 1 fully saturated rings. The van der Waals surface area contributed by atoms with Gasteiger partial charge in [-0.3, -0.25) is 4.79 Å². The van der Waals surface area contributed by atoms with Crippen LogP contribution in [-0.4, -0.2) is 17.4 Å². The van der Waals surface area contributed by atoms with E-state index < -0.39 is 11.4 Å². The molecule has 0 spiro atoms. The smallest absolute Gasteiger partial charge is 0.310 e. The molecule has 0 aromatic rings. The Morgan fingerprint density at radius 1 is 1.90 bits per heavy atom. The van der Waals surface area contributed by atoms with Crippen molar-refractivity contribution in [1.29, 1.82) is 0 Å². The van der Waals surface area contributed by atoms with Crippen molar-refractivity contribution in [2.75, 3.05) is 0 Å². The summed E-state index contributed by atoms with van der Waals surface area (Å²) in [5.74, 6) is -1.05. The van der Waals surface area contributed by atoms with Gasteiger partial charge in [-0.1, -0.05) is 6.92 Å². The summed E-state index contributed by atoms with van der Waals surface area (Å²) in [4.78, 5) is 20.7. The van der Waals surface area contributed by atoms with Gasteiger partial charge in [0.15, 0.2) is 0 Å². The Bertz CT molecular complexity index is 176. The second-order valence-corrected chi connectivity index (χ2v) is 2.76. The fourth-order valence-corrected chi connectivity index (χ4v) is 1.32. The van der Waals surface area contributed by atoms with Gasteiger partial charge in [-0.15, -0.1) is 0 Å². The maximum Gasteiger partial charge on any atom is 0.310 e. The number of rotatable bonds is 3. The number of hydrogen-bond acceptors (Lipinski definition) is 2. The van der Waals surface area contributed by atoms with E-state index in [2.05, 4.69) is 0 Å². The predicted molar refractivity (Wildman–Crippen MR) is 34.5 cm³/mol. The van der Waals surface area contributed by atoms with Gasteiger partial charge in [-0.25, -0.2) is 0 Å². The van der Waals surface area contributed by atoms with Crippen LogP contribution in [0.4, 0.5) is 0 Å². The van der Waals surface area contributed by atoms with Gasteiger partial charge in [0.05, 0.1) is 5.41 Å². The van der Waals surface area contributed by atoms with E-state index in [4.69, 9.17) is 5.11 Å². The second-order valence-electron chi connectivity index (χ2n) is 2.76. The molecule has 1 rings (SSSR count). The summed E-state index contributed by atoms with van der Waals surface area (Å²) < 4.78 is 0. The highest BCUT2D eigenvalue weighted by Gasteiger charge is 2.58. The summed E-state index contributed by atoms with van der Waals surface area (Å²) in [5, 5.41) is 8.65. The zero-order chi connectivity index (χ0) is 7.78. The molecule has 1 saturated carbocycles. The van der Waals surface area contributed by atoms with Crippen molar-refractivity contribution in [2.45, 2.75) is 19.8 Å². The molecule has 10 heavy (non-hydrogen) atoms. The van der Waals surface area contributed by atoms with E-state index in [0.717, 1.165) is 6.29 Å². The molecule has 1 aliphatic carbocycles. The van der Waals surface area contributed by atoms with Crippen LogP contribution < -0.4 is 0 Å². The Labute approximate surface area is 59.0 Å². The minimum atomic E-state index is -0.827. The summed E-state index contributed by atoms with van der Waals surface area (Å²) in [5.41, 5.74) is -0.693. The average molecular weight is 142 g/mol. The average Bonchev–Trinajstić information content (AvgIpc) is 2.62. The highest BCUT2D eigenvalue weighted by atomic mass is 16.4. The molecule has 0 heterocycles. The second kappa shape index (κ2) is 2.08. The molecule has 3 heteroatoms. The van der Waals surface area contributed by atoms with Gasteiger partial charge in [0.2, 0.25) is 0 Å². The normalized spacial score (nSPS) is 37.1. The fourth-order valence-electron chi connectivity index (χ4n) is 1.32. The number of hydrogen-bond donors (Lipinski definition) is 1. The summed E-state index contributed by atoms with van der Waals surface area (Å²) in [6.45, 7) is 1.80. The lowest BCUT2D eigenvalue weighted by molar-refractivity contribution is -0.144. The Kier molecular flexibility index (Phi) is 1.50. The standard InChI is InChI=1S/C7H10O3/c1-2-7(6(9)10)3-5(7)4-8/h4-5H,2-3H2,1H3,(H,9,10). The zero-order valence-electron chi connectivity index (χ0n) is 5.83. The maximum absolute atomic E-state index is 10.5. The van der Waals surface area contributed by atoms with Crippen molar-refractivity contribution < 1.29 is 14.7 Å². The highest BCUT2D eigenvalue weighted by Crippen LogP contribution is 2.53. The van der Waals surface area contributed by atoms with Gasteiger partial charge >= 0.3 is 5.97 Å². The predicted octanol–water partition coefficient (Wildman–Crippen LogP) is 0.686. The largest absolute Gasteiger partial charge is 0.481 e. The van der Waals surface area contributed by atoms with E-state index in [9.17, 15) is 9.59 Å². The molecule has 2 atom stereocenters. The van der Waals surface area contributed by atoms with E-state index in [0.29, 0.717) is 12.8 Å². The van der Waals surface area contributed by atoms with E-state index in [1.165, 1.54) is 0 Å². The lowest BCUT2D eigenvalue weighted by Gasteiger charge is -2.04. The SMILES string of the molecule is CCC1(C(=O)O)CC1C=O.